The molecule has 0 amide bonds. The van der Waals surface area contributed by atoms with Gasteiger partial charge in [-0.1, -0.05) is 18.2 Å². The van der Waals surface area contributed by atoms with E-state index in [1.54, 1.807) is 24.3 Å². The predicted octanol–water partition coefficient (Wildman–Crippen LogP) is 1.88. The highest BCUT2D eigenvalue weighted by molar-refractivity contribution is 5.96. The first kappa shape index (κ1) is 8.56. The average Bonchev–Trinajstić information content (AvgIpc) is 2.65. The lowest BCUT2D eigenvalue weighted by Crippen LogP contribution is -2.08. The second kappa shape index (κ2) is 3.38. The molecule has 1 aromatic heterocycles. The van der Waals surface area contributed by atoms with Crippen molar-refractivity contribution in [3.8, 4) is 5.75 Å². The Hall–Kier alpha value is -2.03. The van der Waals surface area contributed by atoms with E-state index in [0.717, 1.165) is 0 Å². The quantitative estimate of drug-likeness (QED) is 0.740. The molecule has 0 saturated heterocycles. The van der Waals surface area contributed by atoms with Crippen LogP contribution < -0.4 is 0 Å². The average molecular weight is 187 g/mol. The normalized spacial score (nSPS) is 10.0. The van der Waals surface area contributed by atoms with Gasteiger partial charge in [-0.2, -0.15) is 0 Å². The zero-order valence-electron chi connectivity index (χ0n) is 7.42. The van der Waals surface area contributed by atoms with Gasteiger partial charge in [0.1, 0.15) is 5.75 Å². The Labute approximate surface area is 81.2 Å². The lowest BCUT2D eigenvalue weighted by Gasteiger charge is -1.99. The molecule has 1 aromatic carbocycles. The van der Waals surface area contributed by atoms with E-state index >= 15 is 0 Å². The third kappa shape index (κ3) is 1.52. The zero-order valence-corrected chi connectivity index (χ0v) is 7.42. The first-order valence-electron chi connectivity index (χ1n) is 4.24. The van der Waals surface area contributed by atoms with E-state index in [2.05, 4.69) is 0 Å². The zero-order chi connectivity index (χ0) is 9.97. The molecule has 0 aliphatic rings. The van der Waals surface area contributed by atoms with Crippen molar-refractivity contribution in [2.45, 2.75) is 0 Å². The standard InChI is InChI=1S/C11H9NO2/c13-10-6-7-12(8-10)11(14)9-4-2-1-3-5-9/h1-8,13H. The highest BCUT2D eigenvalue weighted by Gasteiger charge is 2.06. The number of carbonyl (C=O) groups excluding carboxylic acids is 1. The number of hydrogen-bond acceptors (Lipinski definition) is 2. The Kier molecular flexibility index (Phi) is 2.07. The van der Waals surface area contributed by atoms with Crippen LogP contribution in [0, 0.1) is 0 Å². The number of rotatable bonds is 1. The van der Waals surface area contributed by atoms with Crippen LogP contribution in [0.3, 0.4) is 0 Å². The molecule has 0 atom stereocenters. The molecular formula is C11H9NO2. The van der Waals surface area contributed by atoms with Gasteiger partial charge in [-0.25, -0.2) is 0 Å². The summed E-state index contributed by atoms with van der Waals surface area (Å²) in [7, 11) is 0. The van der Waals surface area contributed by atoms with Crippen molar-refractivity contribution < 1.29 is 9.90 Å². The van der Waals surface area contributed by atoms with E-state index in [9.17, 15) is 4.79 Å². The molecule has 0 fully saturated rings. The largest absolute Gasteiger partial charge is 0.506 e. The van der Waals surface area contributed by atoms with Crippen molar-refractivity contribution >= 4 is 5.91 Å². The lowest BCUT2D eigenvalue weighted by molar-refractivity contribution is 0.0960. The van der Waals surface area contributed by atoms with Gasteiger partial charge < -0.3 is 5.11 Å². The van der Waals surface area contributed by atoms with E-state index in [1.807, 2.05) is 6.07 Å². The molecule has 1 N–H and O–H groups in total. The monoisotopic (exact) mass is 187 g/mol. The Morgan fingerprint density at radius 3 is 2.43 bits per heavy atom. The van der Waals surface area contributed by atoms with Crippen molar-refractivity contribution in [3.05, 3.63) is 54.4 Å². The number of aromatic nitrogens is 1. The van der Waals surface area contributed by atoms with Crippen LogP contribution in [-0.4, -0.2) is 15.6 Å². The third-order valence-corrected chi connectivity index (χ3v) is 1.93. The van der Waals surface area contributed by atoms with Crippen LogP contribution in [0.4, 0.5) is 0 Å². The fraction of sp³-hybridized carbons (Fsp3) is 0. The highest BCUT2D eigenvalue weighted by atomic mass is 16.3. The maximum absolute atomic E-state index is 11.7. The molecule has 0 aliphatic carbocycles. The van der Waals surface area contributed by atoms with Gasteiger partial charge in [0.05, 0.1) is 6.20 Å². The van der Waals surface area contributed by atoms with E-state index in [1.165, 1.54) is 23.0 Å². The summed E-state index contributed by atoms with van der Waals surface area (Å²) in [4.78, 5) is 11.7. The first-order chi connectivity index (χ1) is 6.77. The second-order valence-corrected chi connectivity index (χ2v) is 2.95. The molecule has 0 spiro atoms. The van der Waals surface area contributed by atoms with Crippen molar-refractivity contribution in [1.29, 1.82) is 0 Å². The van der Waals surface area contributed by atoms with Gasteiger partial charge in [0.2, 0.25) is 0 Å². The minimum absolute atomic E-state index is 0.0919. The number of nitrogens with zero attached hydrogens (tertiary/aromatic N) is 1. The van der Waals surface area contributed by atoms with E-state index in [4.69, 9.17) is 5.11 Å². The van der Waals surface area contributed by atoms with Crippen molar-refractivity contribution in [1.82, 2.24) is 4.57 Å². The van der Waals surface area contributed by atoms with Crippen molar-refractivity contribution in [2.75, 3.05) is 0 Å². The van der Waals surface area contributed by atoms with Crippen LogP contribution in [0.5, 0.6) is 5.75 Å². The van der Waals surface area contributed by atoms with E-state index < -0.39 is 0 Å². The number of hydrogen-bond donors (Lipinski definition) is 1. The van der Waals surface area contributed by atoms with Crippen LogP contribution in [0.2, 0.25) is 0 Å². The summed E-state index contributed by atoms with van der Waals surface area (Å²) in [6.07, 6.45) is 2.92. The molecule has 0 saturated carbocycles. The SMILES string of the molecule is O=C(c1ccccc1)n1ccc(O)c1. The molecule has 0 bridgehead atoms. The van der Waals surface area contributed by atoms with Crippen LogP contribution in [0.1, 0.15) is 10.4 Å². The van der Waals surface area contributed by atoms with Gasteiger partial charge in [0.25, 0.3) is 5.91 Å². The van der Waals surface area contributed by atoms with Gasteiger partial charge in [0.15, 0.2) is 0 Å². The van der Waals surface area contributed by atoms with Crippen LogP contribution in [-0.2, 0) is 0 Å². The number of aromatic hydroxyl groups is 1. The molecule has 3 heteroatoms. The Morgan fingerprint density at radius 2 is 1.86 bits per heavy atom. The summed E-state index contributed by atoms with van der Waals surface area (Å²) in [6.45, 7) is 0. The maximum Gasteiger partial charge on any atom is 0.261 e. The Morgan fingerprint density at radius 1 is 1.14 bits per heavy atom. The highest BCUT2D eigenvalue weighted by Crippen LogP contribution is 2.10. The minimum atomic E-state index is -0.147. The van der Waals surface area contributed by atoms with Gasteiger partial charge >= 0.3 is 0 Å². The van der Waals surface area contributed by atoms with E-state index in [-0.39, 0.29) is 11.7 Å². The van der Waals surface area contributed by atoms with Gasteiger partial charge in [-0.15, -0.1) is 0 Å². The van der Waals surface area contributed by atoms with Crippen molar-refractivity contribution in [3.63, 3.8) is 0 Å². The molecule has 0 aliphatic heterocycles. The van der Waals surface area contributed by atoms with Crippen LogP contribution in [0.15, 0.2) is 48.8 Å². The predicted molar refractivity (Wildman–Crippen MR) is 52.3 cm³/mol. The molecule has 0 unspecified atom stereocenters. The van der Waals surface area contributed by atoms with E-state index in [0.29, 0.717) is 5.56 Å². The molecule has 0 radical (unpaired) electrons. The number of carbonyl (C=O) groups is 1. The summed E-state index contributed by atoms with van der Waals surface area (Å²) in [6, 6.07) is 10.4. The maximum atomic E-state index is 11.7. The Bertz CT molecular complexity index is 445. The molecule has 3 nitrogen and oxygen atoms in total. The van der Waals surface area contributed by atoms with Crippen LogP contribution in [0.25, 0.3) is 0 Å². The molecular weight excluding hydrogens is 178 g/mol. The summed E-state index contributed by atoms with van der Waals surface area (Å²) in [5.41, 5.74) is 0.600. The molecule has 2 aromatic rings. The van der Waals surface area contributed by atoms with Gasteiger partial charge in [-0.05, 0) is 18.2 Å². The smallest absolute Gasteiger partial charge is 0.261 e. The summed E-state index contributed by atoms with van der Waals surface area (Å²) in [5, 5.41) is 9.08. The lowest BCUT2D eigenvalue weighted by atomic mass is 10.2. The topological polar surface area (TPSA) is 42.2 Å². The first-order valence-corrected chi connectivity index (χ1v) is 4.24. The van der Waals surface area contributed by atoms with Gasteiger partial charge in [0, 0.05) is 11.8 Å². The fourth-order valence-electron chi connectivity index (χ4n) is 1.24. The van der Waals surface area contributed by atoms with Crippen LogP contribution >= 0.6 is 0 Å². The summed E-state index contributed by atoms with van der Waals surface area (Å²) >= 11 is 0. The number of benzene rings is 1. The molecule has 1 heterocycles. The minimum Gasteiger partial charge on any atom is -0.506 e. The second-order valence-electron chi connectivity index (χ2n) is 2.95. The summed E-state index contributed by atoms with van der Waals surface area (Å²) < 4.78 is 1.35. The molecule has 70 valence electrons. The fourth-order valence-corrected chi connectivity index (χ4v) is 1.24. The Balaban J connectivity index is 2.34. The molecule has 14 heavy (non-hydrogen) atoms. The van der Waals surface area contributed by atoms with Crippen molar-refractivity contribution in [2.24, 2.45) is 0 Å². The third-order valence-electron chi connectivity index (χ3n) is 1.93. The summed E-state index contributed by atoms with van der Waals surface area (Å²) in [5.74, 6) is -0.0554. The molecule has 2 rings (SSSR count). The van der Waals surface area contributed by atoms with Gasteiger partial charge in [-0.3, -0.25) is 9.36 Å².